The van der Waals surface area contributed by atoms with E-state index in [4.69, 9.17) is 9.57 Å². The van der Waals surface area contributed by atoms with Gasteiger partial charge in [0.15, 0.2) is 6.10 Å². The third-order valence-electron chi connectivity index (χ3n) is 4.52. The molecule has 1 atom stereocenters. The molecule has 0 radical (unpaired) electrons. The van der Waals surface area contributed by atoms with Crippen molar-refractivity contribution in [3.05, 3.63) is 65.5 Å². The van der Waals surface area contributed by atoms with Gasteiger partial charge in [-0.2, -0.15) is 0 Å². The summed E-state index contributed by atoms with van der Waals surface area (Å²) in [4.78, 5) is 20.0. The summed E-state index contributed by atoms with van der Waals surface area (Å²) >= 11 is 0. The average Bonchev–Trinajstić information content (AvgIpc) is 3.16. The second-order valence-electron chi connectivity index (χ2n) is 7.32. The van der Waals surface area contributed by atoms with Gasteiger partial charge >= 0.3 is 6.03 Å². The second-order valence-corrected chi connectivity index (χ2v) is 7.32. The number of nitrogens with zero attached hydrogens (tertiary/aromatic N) is 2. The van der Waals surface area contributed by atoms with Crippen LogP contribution in [0.3, 0.4) is 0 Å². The molecule has 29 heavy (non-hydrogen) atoms. The van der Waals surface area contributed by atoms with Crippen LogP contribution in [0.15, 0.2) is 53.7 Å². The Kier molecular flexibility index (Phi) is 6.69. The molecule has 0 bridgehead atoms. The molecule has 1 heterocycles. The van der Waals surface area contributed by atoms with Gasteiger partial charge in [0.1, 0.15) is 11.6 Å². The number of ether oxygens (including phenoxy) is 1. The molecule has 0 saturated heterocycles. The van der Waals surface area contributed by atoms with E-state index in [1.807, 2.05) is 38.1 Å². The quantitative estimate of drug-likeness (QED) is 0.767. The van der Waals surface area contributed by atoms with Crippen molar-refractivity contribution >= 4 is 11.7 Å². The van der Waals surface area contributed by atoms with Gasteiger partial charge in [0.2, 0.25) is 0 Å². The number of benzene rings is 2. The van der Waals surface area contributed by atoms with Crippen molar-refractivity contribution in [3.8, 4) is 5.75 Å². The minimum Gasteiger partial charge on any atom is -0.497 e. The van der Waals surface area contributed by atoms with Gasteiger partial charge in [0.25, 0.3) is 0 Å². The molecule has 0 aromatic heterocycles. The molecular formula is C22H26FN3O3. The predicted molar refractivity (Wildman–Crippen MR) is 109 cm³/mol. The summed E-state index contributed by atoms with van der Waals surface area (Å²) in [5, 5.41) is 7.04. The molecule has 0 saturated carbocycles. The van der Waals surface area contributed by atoms with Crippen LogP contribution in [-0.2, 0) is 11.4 Å². The number of oxime groups is 1. The molecule has 0 aliphatic carbocycles. The molecule has 1 N–H and O–H groups in total. The Morgan fingerprint density at radius 2 is 2.10 bits per heavy atom. The van der Waals surface area contributed by atoms with Crippen LogP contribution in [0, 0.1) is 5.82 Å². The molecule has 154 valence electrons. The zero-order valence-electron chi connectivity index (χ0n) is 16.9. The SMILES string of the molecule is COc1cccc(CN(C[C@@H]2CC(c3cccc(F)c3)=NO2)C(=O)NC(C)C)c1. The summed E-state index contributed by atoms with van der Waals surface area (Å²) in [6.07, 6.45) is 0.212. The number of methoxy groups -OCH3 is 1. The van der Waals surface area contributed by atoms with E-state index in [1.54, 1.807) is 24.1 Å². The van der Waals surface area contributed by atoms with Crippen molar-refractivity contribution < 1.29 is 18.8 Å². The first kappa shape index (κ1) is 20.6. The van der Waals surface area contributed by atoms with Crippen molar-refractivity contribution in [3.63, 3.8) is 0 Å². The van der Waals surface area contributed by atoms with Crippen LogP contribution in [0.2, 0.25) is 0 Å². The molecule has 7 heteroatoms. The third-order valence-corrected chi connectivity index (χ3v) is 4.52. The van der Waals surface area contributed by atoms with Gasteiger partial charge in [0.05, 0.1) is 19.4 Å². The highest BCUT2D eigenvalue weighted by Gasteiger charge is 2.27. The van der Waals surface area contributed by atoms with E-state index in [-0.39, 0.29) is 24.0 Å². The number of halogens is 1. The molecule has 3 rings (SSSR count). The second kappa shape index (κ2) is 9.41. The summed E-state index contributed by atoms with van der Waals surface area (Å²) in [6, 6.07) is 13.7. The molecule has 0 unspecified atom stereocenters. The van der Waals surface area contributed by atoms with E-state index in [9.17, 15) is 9.18 Å². The number of hydrogen-bond acceptors (Lipinski definition) is 4. The van der Waals surface area contributed by atoms with Gasteiger partial charge in [-0.1, -0.05) is 29.4 Å². The van der Waals surface area contributed by atoms with Crippen molar-refractivity contribution in [1.82, 2.24) is 10.2 Å². The Bertz CT molecular complexity index is 885. The molecule has 1 aliphatic heterocycles. The van der Waals surface area contributed by atoms with Crippen LogP contribution in [-0.4, -0.2) is 42.4 Å². The van der Waals surface area contributed by atoms with Gasteiger partial charge in [0, 0.05) is 24.6 Å². The fourth-order valence-corrected chi connectivity index (χ4v) is 3.16. The van der Waals surface area contributed by atoms with Crippen LogP contribution in [0.25, 0.3) is 0 Å². The Hall–Kier alpha value is -3.09. The van der Waals surface area contributed by atoms with Crippen LogP contribution >= 0.6 is 0 Å². The van der Waals surface area contributed by atoms with Gasteiger partial charge < -0.3 is 19.8 Å². The number of hydrogen-bond donors (Lipinski definition) is 1. The third kappa shape index (κ3) is 5.70. The molecule has 0 spiro atoms. The molecular weight excluding hydrogens is 373 g/mol. The molecule has 2 amide bonds. The zero-order chi connectivity index (χ0) is 20.8. The lowest BCUT2D eigenvalue weighted by Gasteiger charge is -2.26. The monoisotopic (exact) mass is 399 g/mol. The molecule has 2 aromatic carbocycles. The van der Waals surface area contributed by atoms with Crippen molar-refractivity contribution in [2.75, 3.05) is 13.7 Å². The van der Waals surface area contributed by atoms with Crippen LogP contribution < -0.4 is 10.1 Å². The highest BCUT2D eigenvalue weighted by Crippen LogP contribution is 2.20. The summed E-state index contributed by atoms with van der Waals surface area (Å²) in [6.45, 7) is 4.60. The maximum Gasteiger partial charge on any atom is 0.318 e. The minimum atomic E-state index is -0.315. The van der Waals surface area contributed by atoms with Crippen LogP contribution in [0.1, 0.15) is 31.4 Å². The van der Waals surface area contributed by atoms with Gasteiger partial charge in [-0.05, 0) is 43.7 Å². The first-order chi connectivity index (χ1) is 13.9. The lowest BCUT2D eigenvalue weighted by molar-refractivity contribution is 0.0586. The molecule has 2 aromatic rings. The lowest BCUT2D eigenvalue weighted by Crippen LogP contribution is -2.45. The number of urea groups is 1. The minimum absolute atomic E-state index is 0.0129. The number of rotatable bonds is 7. The largest absolute Gasteiger partial charge is 0.497 e. The smallest absolute Gasteiger partial charge is 0.318 e. The Labute approximate surface area is 170 Å². The highest BCUT2D eigenvalue weighted by atomic mass is 19.1. The van der Waals surface area contributed by atoms with E-state index >= 15 is 0 Å². The van der Waals surface area contributed by atoms with Gasteiger partial charge in [-0.25, -0.2) is 9.18 Å². The van der Waals surface area contributed by atoms with E-state index in [0.717, 1.165) is 11.3 Å². The summed E-state index contributed by atoms with van der Waals surface area (Å²) < 4.78 is 18.8. The van der Waals surface area contributed by atoms with Crippen molar-refractivity contribution in [1.29, 1.82) is 0 Å². The standard InChI is InChI=1S/C22H26FN3O3/c1-15(2)24-22(27)26(13-16-6-4-9-19(10-16)28-3)14-20-12-21(25-29-20)17-7-5-8-18(23)11-17/h4-11,15,20H,12-14H2,1-3H3,(H,24,27)/t20-/m0/s1. The maximum atomic E-state index is 13.5. The summed E-state index contributed by atoms with van der Waals surface area (Å²) in [5.74, 6) is 0.421. The summed E-state index contributed by atoms with van der Waals surface area (Å²) in [7, 11) is 1.61. The van der Waals surface area contributed by atoms with Crippen LogP contribution in [0.5, 0.6) is 5.75 Å². The summed E-state index contributed by atoms with van der Waals surface area (Å²) in [5.41, 5.74) is 2.33. The molecule has 1 aliphatic rings. The van der Waals surface area contributed by atoms with E-state index < -0.39 is 0 Å². The predicted octanol–water partition coefficient (Wildman–Crippen LogP) is 3.95. The topological polar surface area (TPSA) is 63.2 Å². The van der Waals surface area contributed by atoms with Crippen LogP contribution in [0.4, 0.5) is 9.18 Å². The maximum absolute atomic E-state index is 13.5. The fraction of sp³-hybridized carbons (Fsp3) is 0.364. The lowest BCUT2D eigenvalue weighted by atomic mass is 10.0. The Balaban J connectivity index is 1.69. The number of nitrogens with one attached hydrogen (secondary N) is 1. The normalized spacial score (nSPS) is 15.6. The molecule has 6 nitrogen and oxygen atoms in total. The van der Waals surface area contributed by atoms with Crippen molar-refractivity contribution in [2.24, 2.45) is 5.16 Å². The fourth-order valence-electron chi connectivity index (χ4n) is 3.16. The van der Waals surface area contributed by atoms with Gasteiger partial charge in [-0.15, -0.1) is 0 Å². The average molecular weight is 399 g/mol. The number of carbonyl (C=O) groups excluding carboxylic acids is 1. The highest BCUT2D eigenvalue weighted by molar-refractivity contribution is 6.01. The van der Waals surface area contributed by atoms with E-state index in [1.165, 1.54) is 12.1 Å². The number of amides is 2. The van der Waals surface area contributed by atoms with Gasteiger partial charge in [-0.3, -0.25) is 0 Å². The zero-order valence-corrected chi connectivity index (χ0v) is 16.9. The first-order valence-corrected chi connectivity index (χ1v) is 9.61. The van der Waals surface area contributed by atoms with Crippen molar-refractivity contribution in [2.45, 2.75) is 39.0 Å². The Morgan fingerprint density at radius 3 is 2.83 bits per heavy atom. The van der Waals surface area contributed by atoms with E-state index in [2.05, 4.69) is 10.5 Å². The number of carbonyl (C=O) groups is 1. The Morgan fingerprint density at radius 1 is 1.31 bits per heavy atom. The molecule has 0 fully saturated rings. The van der Waals surface area contributed by atoms with E-state index in [0.29, 0.717) is 30.8 Å². The first-order valence-electron chi connectivity index (χ1n) is 9.61.